The van der Waals surface area contributed by atoms with Gasteiger partial charge in [-0.25, -0.2) is 4.79 Å². The number of hydrogen-bond acceptors (Lipinski definition) is 7. The first-order valence-corrected chi connectivity index (χ1v) is 12.8. The average Bonchev–Trinajstić information content (AvgIpc) is 3.63. The molecule has 39 heavy (non-hydrogen) atoms. The SMILES string of the molecule is O=C(COC(=O)c1ccc(N2C(=O)[C@@H]3[C@@H]4C[C@H]([C@H]3C2=O)[C@H](c2ccccc2)C4)cc1)c1cccc([N+](=O)[O-])c1. The number of esters is 1. The third-order valence-electron chi connectivity index (χ3n) is 8.32. The van der Waals surface area contributed by atoms with E-state index in [-0.39, 0.29) is 58.2 Å². The van der Waals surface area contributed by atoms with Crippen molar-refractivity contribution in [2.24, 2.45) is 23.7 Å². The van der Waals surface area contributed by atoms with E-state index in [2.05, 4.69) is 12.1 Å². The van der Waals surface area contributed by atoms with Crippen LogP contribution in [0.2, 0.25) is 0 Å². The van der Waals surface area contributed by atoms with E-state index >= 15 is 0 Å². The van der Waals surface area contributed by atoms with Crippen LogP contribution in [0.15, 0.2) is 78.9 Å². The van der Waals surface area contributed by atoms with Crippen LogP contribution in [0.5, 0.6) is 0 Å². The number of nitro groups is 1. The van der Waals surface area contributed by atoms with Gasteiger partial charge in [-0.3, -0.25) is 29.4 Å². The normalized spacial score (nSPS) is 25.0. The number of non-ortho nitro benzene ring substituents is 1. The number of fused-ring (bicyclic) bond motifs is 5. The fraction of sp³-hybridized carbons (Fsp3) is 0.267. The molecule has 0 spiro atoms. The molecule has 196 valence electrons. The first kappa shape index (κ1) is 24.7. The number of imide groups is 1. The van der Waals surface area contributed by atoms with Gasteiger partial charge in [0.2, 0.25) is 17.6 Å². The summed E-state index contributed by atoms with van der Waals surface area (Å²) in [5, 5.41) is 10.9. The third-order valence-corrected chi connectivity index (χ3v) is 8.32. The molecule has 2 amide bonds. The largest absolute Gasteiger partial charge is 0.454 e. The van der Waals surface area contributed by atoms with Gasteiger partial charge in [-0.1, -0.05) is 42.5 Å². The number of nitrogens with zero attached hydrogens (tertiary/aromatic N) is 2. The maximum Gasteiger partial charge on any atom is 0.338 e. The van der Waals surface area contributed by atoms with E-state index in [9.17, 15) is 29.3 Å². The number of hydrogen-bond donors (Lipinski definition) is 0. The molecule has 5 atom stereocenters. The second-order valence-electron chi connectivity index (χ2n) is 10.3. The maximum absolute atomic E-state index is 13.5. The summed E-state index contributed by atoms with van der Waals surface area (Å²) >= 11 is 0. The summed E-state index contributed by atoms with van der Waals surface area (Å²) in [6.07, 6.45) is 1.79. The smallest absolute Gasteiger partial charge is 0.338 e. The Morgan fingerprint density at radius 3 is 2.31 bits per heavy atom. The average molecular weight is 525 g/mol. The highest BCUT2D eigenvalue weighted by molar-refractivity contribution is 6.22. The highest BCUT2D eigenvalue weighted by Crippen LogP contribution is 2.61. The molecule has 1 saturated heterocycles. The number of carbonyl (C=O) groups excluding carboxylic acids is 4. The molecule has 9 heteroatoms. The highest BCUT2D eigenvalue weighted by atomic mass is 16.6. The predicted molar refractivity (Wildman–Crippen MR) is 139 cm³/mol. The van der Waals surface area contributed by atoms with Gasteiger partial charge < -0.3 is 4.74 Å². The number of ether oxygens (including phenoxy) is 1. The van der Waals surface area contributed by atoms with Gasteiger partial charge in [-0.05, 0) is 60.4 Å². The van der Waals surface area contributed by atoms with Crippen molar-refractivity contribution in [3.8, 4) is 0 Å². The van der Waals surface area contributed by atoms with Crippen molar-refractivity contribution in [2.45, 2.75) is 18.8 Å². The van der Waals surface area contributed by atoms with Gasteiger partial charge in [0.15, 0.2) is 6.61 Å². The van der Waals surface area contributed by atoms with Crippen molar-refractivity contribution in [3.63, 3.8) is 0 Å². The standard InChI is InChI=1S/C30H24N2O7/c33-25(19-7-4-8-22(13-19)32(37)38)16-39-30(36)18-9-11-21(12-10-18)31-28(34)26-20-14-23(17-5-2-1-3-6-17)24(15-20)27(26)29(31)35/h1-13,20,23-24,26-27H,14-16H2/t20-,23-,24-,26+,27+/m0/s1. The van der Waals surface area contributed by atoms with Crippen LogP contribution in [-0.2, 0) is 14.3 Å². The fourth-order valence-electron chi connectivity index (χ4n) is 6.63. The maximum atomic E-state index is 13.5. The lowest BCUT2D eigenvalue weighted by Crippen LogP contribution is -2.33. The lowest BCUT2D eigenvalue weighted by atomic mass is 9.73. The van der Waals surface area contributed by atoms with Crippen LogP contribution in [0.3, 0.4) is 0 Å². The molecule has 0 unspecified atom stereocenters. The van der Waals surface area contributed by atoms with Crippen LogP contribution in [-0.4, -0.2) is 35.1 Å². The highest BCUT2D eigenvalue weighted by Gasteiger charge is 2.64. The second kappa shape index (κ2) is 9.58. The number of carbonyl (C=O) groups is 4. The summed E-state index contributed by atoms with van der Waals surface area (Å²) in [5.74, 6) is -1.73. The molecule has 3 fully saturated rings. The molecule has 3 aliphatic rings. The Kier molecular flexibility index (Phi) is 6.06. The van der Waals surface area contributed by atoms with Crippen molar-refractivity contribution in [3.05, 3.63) is 106 Å². The Hall–Kier alpha value is -4.66. The van der Waals surface area contributed by atoms with Crippen molar-refractivity contribution >= 4 is 34.9 Å². The Balaban J connectivity index is 1.12. The van der Waals surface area contributed by atoms with Crippen LogP contribution in [0.1, 0.15) is 45.0 Å². The van der Waals surface area contributed by atoms with Gasteiger partial charge in [-0.15, -0.1) is 0 Å². The van der Waals surface area contributed by atoms with Gasteiger partial charge >= 0.3 is 5.97 Å². The van der Waals surface area contributed by atoms with Gasteiger partial charge in [0, 0.05) is 17.7 Å². The lowest BCUT2D eigenvalue weighted by Gasteiger charge is -2.28. The topological polar surface area (TPSA) is 124 Å². The van der Waals surface area contributed by atoms with E-state index < -0.39 is 23.3 Å². The second-order valence-corrected chi connectivity index (χ2v) is 10.3. The number of benzene rings is 3. The quantitative estimate of drug-likeness (QED) is 0.146. The van der Waals surface area contributed by atoms with Crippen molar-refractivity contribution < 1.29 is 28.8 Å². The summed E-state index contributed by atoms with van der Waals surface area (Å²) in [6, 6.07) is 21.3. The van der Waals surface area contributed by atoms with Crippen LogP contribution < -0.4 is 4.90 Å². The van der Waals surface area contributed by atoms with Crippen molar-refractivity contribution in [1.29, 1.82) is 0 Å². The molecule has 1 aliphatic heterocycles. The van der Waals surface area contributed by atoms with Crippen LogP contribution in [0.25, 0.3) is 0 Å². The Morgan fingerprint density at radius 1 is 0.872 bits per heavy atom. The molecular formula is C30H24N2O7. The summed E-state index contributed by atoms with van der Waals surface area (Å²) in [5.41, 5.74) is 1.59. The number of nitro benzene ring substituents is 1. The lowest BCUT2D eigenvalue weighted by molar-refractivity contribution is -0.384. The van der Waals surface area contributed by atoms with Gasteiger partial charge in [0.1, 0.15) is 0 Å². The minimum Gasteiger partial charge on any atom is -0.454 e. The summed E-state index contributed by atoms with van der Waals surface area (Å²) in [6.45, 7) is -0.584. The van der Waals surface area contributed by atoms with Crippen molar-refractivity contribution in [1.82, 2.24) is 0 Å². The monoisotopic (exact) mass is 524 g/mol. The number of amides is 2. The predicted octanol–water partition coefficient (Wildman–Crippen LogP) is 4.56. The zero-order chi connectivity index (χ0) is 27.3. The molecule has 1 heterocycles. The van der Waals surface area contributed by atoms with Crippen LogP contribution in [0, 0.1) is 33.8 Å². The molecule has 9 nitrogen and oxygen atoms in total. The molecule has 3 aromatic carbocycles. The molecule has 0 radical (unpaired) electrons. The zero-order valence-corrected chi connectivity index (χ0v) is 20.8. The molecule has 6 rings (SSSR count). The number of rotatable bonds is 7. The Labute approximate surface area is 223 Å². The van der Waals surface area contributed by atoms with E-state index in [4.69, 9.17) is 4.74 Å². The van der Waals surface area contributed by atoms with Crippen LogP contribution >= 0.6 is 0 Å². The van der Waals surface area contributed by atoms with Gasteiger partial charge in [0.25, 0.3) is 5.69 Å². The summed E-state index contributed by atoms with van der Waals surface area (Å²) in [4.78, 5) is 63.3. The van der Waals surface area contributed by atoms with E-state index in [0.29, 0.717) is 5.69 Å². The number of ketones is 1. The van der Waals surface area contributed by atoms with E-state index in [1.54, 1.807) is 0 Å². The minimum absolute atomic E-state index is 0.0624. The minimum atomic E-state index is -0.764. The molecule has 3 aromatic rings. The molecular weight excluding hydrogens is 500 g/mol. The van der Waals surface area contributed by atoms with Crippen LogP contribution in [0.4, 0.5) is 11.4 Å². The summed E-state index contributed by atoms with van der Waals surface area (Å²) < 4.78 is 5.10. The van der Waals surface area contributed by atoms with Crippen molar-refractivity contribution in [2.75, 3.05) is 11.5 Å². The van der Waals surface area contributed by atoms with E-state index in [1.165, 1.54) is 52.9 Å². The number of anilines is 1. The fourth-order valence-corrected chi connectivity index (χ4v) is 6.63. The molecule has 2 saturated carbocycles. The Bertz CT molecular complexity index is 1500. The molecule has 2 aliphatic carbocycles. The van der Waals surface area contributed by atoms with Gasteiger partial charge in [0.05, 0.1) is 28.0 Å². The van der Waals surface area contributed by atoms with Gasteiger partial charge in [-0.2, -0.15) is 0 Å². The molecule has 0 N–H and O–H groups in total. The summed E-state index contributed by atoms with van der Waals surface area (Å²) in [7, 11) is 0. The number of Topliss-reactive ketones (excluding diaryl/α,β-unsaturated/α-hetero) is 1. The Morgan fingerprint density at radius 2 is 1.59 bits per heavy atom. The first-order valence-electron chi connectivity index (χ1n) is 12.8. The third kappa shape index (κ3) is 4.20. The van der Waals surface area contributed by atoms with E-state index in [1.807, 2.05) is 18.2 Å². The first-order chi connectivity index (χ1) is 18.8. The molecule has 2 bridgehead atoms. The molecule has 0 aromatic heterocycles. The van der Waals surface area contributed by atoms with E-state index in [0.717, 1.165) is 18.9 Å². The zero-order valence-electron chi connectivity index (χ0n) is 20.8.